The Bertz CT molecular complexity index is 485. The van der Waals surface area contributed by atoms with Gasteiger partial charge in [-0.15, -0.1) is 0 Å². The van der Waals surface area contributed by atoms with E-state index >= 15 is 0 Å². The monoisotopic (exact) mass is 213 g/mol. The van der Waals surface area contributed by atoms with Gasteiger partial charge in [0.15, 0.2) is 0 Å². The van der Waals surface area contributed by atoms with Gasteiger partial charge in [-0.2, -0.15) is 0 Å². The Hall–Kier alpha value is -1.51. The summed E-state index contributed by atoms with van der Waals surface area (Å²) in [6, 6.07) is 5.99. The molecule has 3 heteroatoms. The summed E-state index contributed by atoms with van der Waals surface area (Å²) in [7, 11) is 1.77. The van der Waals surface area contributed by atoms with Crippen LogP contribution in [0.15, 0.2) is 24.8 Å². The molecule has 0 atom stereocenters. The molecule has 0 bridgehead atoms. The van der Waals surface area contributed by atoms with Crippen molar-refractivity contribution in [1.82, 2.24) is 4.81 Å². The first-order chi connectivity index (χ1) is 7.34. The molecule has 2 rings (SSSR count). The van der Waals surface area contributed by atoms with Gasteiger partial charge in [0.25, 0.3) is 0 Å². The quantitative estimate of drug-likeness (QED) is 0.603. The number of benzene rings is 1. The number of carbonyl (C=O) groups excluding carboxylic acids is 1. The van der Waals surface area contributed by atoms with Crippen LogP contribution in [0.5, 0.6) is 0 Å². The van der Waals surface area contributed by atoms with Crippen LogP contribution in [-0.4, -0.2) is 18.7 Å². The number of hydrogen-bond acceptors (Lipinski definition) is 1. The highest BCUT2D eigenvalue weighted by molar-refractivity contribution is 6.28. The van der Waals surface area contributed by atoms with Crippen molar-refractivity contribution < 1.29 is 4.79 Å². The third-order valence-electron chi connectivity index (χ3n) is 3.11. The number of nitrogens with zero attached hydrogens (tertiary/aromatic N) is 1. The van der Waals surface area contributed by atoms with Gasteiger partial charge in [-0.05, 0) is 11.0 Å². The first kappa shape index (κ1) is 11.0. The lowest BCUT2D eigenvalue weighted by Crippen LogP contribution is -2.22. The predicted molar refractivity (Wildman–Crippen MR) is 68.9 cm³/mol. The standard InChI is InChI=1S/C13H16BNO/c1-8-9-6-5-7-10(13(2,3)4)11(9)12(16)15(8)14/h5-7H,1,14H2,2-4H3. The summed E-state index contributed by atoms with van der Waals surface area (Å²) >= 11 is 0. The van der Waals surface area contributed by atoms with Gasteiger partial charge in [-0.3, -0.25) is 4.79 Å². The van der Waals surface area contributed by atoms with Crippen LogP contribution in [0.4, 0.5) is 0 Å². The summed E-state index contributed by atoms with van der Waals surface area (Å²) in [6.07, 6.45) is 0. The Kier molecular flexibility index (Phi) is 2.23. The number of carbonyl (C=O) groups is 1. The van der Waals surface area contributed by atoms with Crippen molar-refractivity contribution in [3.63, 3.8) is 0 Å². The number of rotatable bonds is 0. The van der Waals surface area contributed by atoms with E-state index in [1.807, 2.05) is 18.2 Å². The van der Waals surface area contributed by atoms with Gasteiger partial charge in [-0.1, -0.05) is 45.5 Å². The van der Waals surface area contributed by atoms with Crippen LogP contribution >= 0.6 is 0 Å². The molecule has 1 aliphatic rings. The maximum atomic E-state index is 12.1. The van der Waals surface area contributed by atoms with Crippen molar-refractivity contribution in [1.29, 1.82) is 0 Å². The van der Waals surface area contributed by atoms with Crippen molar-refractivity contribution >= 4 is 19.6 Å². The van der Waals surface area contributed by atoms with Crippen molar-refractivity contribution in [2.45, 2.75) is 26.2 Å². The van der Waals surface area contributed by atoms with Gasteiger partial charge in [-0.25, -0.2) is 0 Å². The maximum absolute atomic E-state index is 12.1. The third-order valence-corrected chi connectivity index (χ3v) is 3.11. The molecular weight excluding hydrogens is 197 g/mol. The van der Waals surface area contributed by atoms with E-state index in [1.165, 1.54) is 0 Å². The molecule has 82 valence electrons. The second kappa shape index (κ2) is 3.24. The fraction of sp³-hybridized carbons (Fsp3) is 0.308. The smallest absolute Gasteiger partial charge is 0.246 e. The Labute approximate surface area is 97.4 Å². The average Bonchev–Trinajstić information content (AvgIpc) is 2.43. The predicted octanol–water partition coefficient (Wildman–Crippen LogP) is 1.96. The molecular formula is C13H16BNO. The van der Waals surface area contributed by atoms with Crippen molar-refractivity contribution in [3.8, 4) is 0 Å². The van der Waals surface area contributed by atoms with E-state index in [0.29, 0.717) is 0 Å². The largest absolute Gasteiger partial charge is 0.361 e. The Balaban J connectivity index is 2.72. The lowest BCUT2D eigenvalue weighted by atomic mass is 9.82. The molecule has 0 unspecified atom stereocenters. The maximum Gasteiger partial charge on any atom is 0.246 e. The molecule has 1 amide bonds. The minimum Gasteiger partial charge on any atom is -0.361 e. The Morgan fingerprint density at radius 3 is 2.50 bits per heavy atom. The highest BCUT2D eigenvalue weighted by Gasteiger charge is 2.33. The van der Waals surface area contributed by atoms with E-state index < -0.39 is 0 Å². The topological polar surface area (TPSA) is 20.3 Å². The zero-order valence-corrected chi connectivity index (χ0v) is 10.3. The van der Waals surface area contributed by atoms with Crippen LogP contribution in [0.25, 0.3) is 5.70 Å². The molecule has 1 aromatic carbocycles. The van der Waals surface area contributed by atoms with Crippen LogP contribution in [-0.2, 0) is 5.41 Å². The molecule has 1 aliphatic heterocycles. The Morgan fingerprint density at radius 1 is 1.31 bits per heavy atom. The summed E-state index contributed by atoms with van der Waals surface area (Å²) < 4.78 is 0. The summed E-state index contributed by atoms with van der Waals surface area (Å²) in [5.41, 5.74) is 3.67. The number of hydrogen-bond donors (Lipinski definition) is 0. The van der Waals surface area contributed by atoms with Crippen LogP contribution < -0.4 is 0 Å². The van der Waals surface area contributed by atoms with E-state index in [2.05, 4.69) is 27.4 Å². The Morgan fingerprint density at radius 2 is 1.94 bits per heavy atom. The number of fused-ring (bicyclic) bond motifs is 1. The van der Waals surface area contributed by atoms with Crippen LogP contribution in [0, 0.1) is 0 Å². The SMILES string of the molecule is BN1C(=C)c2cccc(C(C)(C)C)c2C1=O. The highest BCUT2D eigenvalue weighted by atomic mass is 16.2. The lowest BCUT2D eigenvalue weighted by molar-refractivity contribution is 0.0916. The van der Waals surface area contributed by atoms with Crippen molar-refractivity contribution in [3.05, 3.63) is 41.5 Å². The van der Waals surface area contributed by atoms with Gasteiger partial charge in [0, 0.05) is 11.3 Å². The van der Waals surface area contributed by atoms with E-state index in [-0.39, 0.29) is 11.3 Å². The molecule has 0 fully saturated rings. The minimum absolute atomic E-state index is 0.0214. The van der Waals surface area contributed by atoms with Gasteiger partial charge in [0.2, 0.25) is 13.9 Å². The summed E-state index contributed by atoms with van der Waals surface area (Å²) in [5, 5.41) is 0. The van der Waals surface area contributed by atoms with Crippen LogP contribution in [0.1, 0.15) is 42.3 Å². The average molecular weight is 213 g/mol. The first-order valence-corrected chi connectivity index (χ1v) is 5.45. The molecule has 0 aliphatic carbocycles. The van der Waals surface area contributed by atoms with E-state index in [4.69, 9.17) is 0 Å². The third kappa shape index (κ3) is 1.39. The van der Waals surface area contributed by atoms with Gasteiger partial charge < -0.3 is 4.81 Å². The zero-order valence-electron chi connectivity index (χ0n) is 10.3. The molecule has 0 saturated carbocycles. The van der Waals surface area contributed by atoms with E-state index in [9.17, 15) is 4.79 Å². The fourth-order valence-electron chi connectivity index (χ4n) is 2.12. The summed E-state index contributed by atoms with van der Waals surface area (Å²) in [5.74, 6) is 0.0607. The molecule has 0 aromatic heterocycles. The molecule has 2 nitrogen and oxygen atoms in total. The number of amides is 1. The van der Waals surface area contributed by atoms with Crippen molar-refractivity contribution in [2.24, 2.45) is 0 Å². The summed E-state index contributed by atoms with van der Waals surface area (Å²) in [6.45, 7) is 10.3. The molecule has 1 heterocycles. The normalized spacial score (nSPS) is 15.6. The minimum atomic E-state index is -0.0214. The van der Waals surface area contributed by atoms with Crippen LogP contribution in [0.3, 0.4) is 0 Å². The van der Waals surface area contributed by atoms with Gasteiger partial charge in [0.1, 0.15) is 0 Å². The fourth-order valence-corrected chi connectivity index (χ4v) is 2.12. The molecule has 0 radical (unpaired) electrons. The molecule has 0 saturated heterocycles. The first-order valence-electron chi connectivity index (χ1n) is 5.45. The van der Waals surface area contributed by atoms with Gasteiger partial charge >= 0.3 is 0 Å². The molecule has 0 N–H and O–H groups in total. The zero-order chi connectivity index (χ0) is 12.1. The molecule has 0 spiro atoms. The lowest BCUT2D eigenvalue weighted by Gasteiger charge is -2.21. The van der Waals surface area contributed by atoms with E-state index in [0.717, 1.165) is 22.4 Å². The van der Waals surface area contributed by atoms with Gasteiger partial charge in [0.05, 0.1) is 5.56 Å². The highest BCUT2D eigenvalue weighted by Crippen LogP contribution is 2.36. The summed E-state index contributed by atoms with van der Waals surface area (Å²) in [4.78, 5) is 13.8. The molecule has 1 aromatic rings. The second-order valence-electron chi connectivity index (χ2n) is 5.29. The molecule has 16 heavy (non-hydrogen) atoms. The van der Waals surface area contributed by atoms with Crippen LogP contribution in [0.2, 0.25) is 0 Å². The second-order valence-corrected chi connectivity index (χ2v) is 5.29. The van der Waals surface area contributed by atoms with Crippen molar-refractivity contribution in [2.75, 3.05) is 0 Å². The van der Waals surface area contributed by atoms with E-state index in [1.54, 1.807) is 12.8 Å².